The summed E-state index contributed by atoms with van der Waals surface area (Å²) < 4.78 is 16.6. The number of ether oxygens (including phenoxy) is 3. The quantitative estimate of drug-likeness (QED) is 0.456. The molecule has 2 heterocycles. The molecule has 0 spiro atoms. The molecule has 0 bridgehead atoms. The number of rotatable bonds is 6. The second kappa shape index (κ2) is 8.94. The highest BCUT2D eigenvalue weighted by molar-refractivity contribution is 6.80. The van der Waals surface area contributed by atoms with Crippen LogP contribution in [0.3, 0.4) is 0 Å². The van der Waals surface area contributed by atoms with Crippen LogP contribution in [0.4, 0.5) is 0 Å². The first kappa shape index (κ1) is 21.5. The molecule has 0 amide bonds. The van der Waals surface area contributed by atoms with E-state index in [4.69, 9.17) is 14.2 Å². The summed E-state index contributed by atoms with van der Waals surface area (Å²) in [6.07, 6.45) is -2.91. The van der Waals surface area contributed by atoms with Crippen molar-refractivity contribution in [2.45, 2.75) is 88.6 Å². The molecule has 7 nitrogen and oxygen atoms in total. The maximum atomic E-state index is 11.6. The van der Waals surface area contributed by atoms with Gasteiger partial charge in [0.1, 0.15) is 30.5 Å². The fourth-order valence-corrected chi connectivity index (χ4v) is 4.12. The molecule has 150 valence electrons. The summed E-state index contributed by atoms with van der Waals surface area (Å²) in [5.74, 6) is -0.340. The van der Waals surface area contributed by atoms with E-state index in [2.05, 4.69) is 19.6 Å². The Labute approximate surface area is 156 Å². The van der Waals surface area contributed by atoms with E-state index in [1.54, 1.807) is 13.0 Å². The molecule has 2 fully saturated rings. The maximum absolute atomic E-state index is 11.6. The lowest BCUT2D eigenvalue weighted by Crippen LogP contribution is -2.63. The van der Waals surface area contributed by atoms with Crippen LogP contribution in [0.5, 0.6) is 0 Å². The molecule has 0 aromatic heterocycles. The van der Waals surface area contributed by atoms with Gasteiger partial charge >= 0.3 is 5.97 Å². The zero-order valence-electron chi connectivity index (χ0n) is 16.0. The fourth-order valence-electron chi connectivity index (χ4n) is 3.34. The Hall–Kier alpha value is -0.773. The number of aliphatic hydroxyl groups is 3. The molecule has 0 aromatic carbocycles. The lowest BCUT2D eigenvalue weighted by atomic mass is 9.87. The summed E-state index contributed by atoms with van der Waals surface area (Å²) in [4.78, 5) is 11.6. The van der Waals surface area contributed by atoms with Gasteiger partial charge in [-0.2, -0.15) is 0 Å². The Bertz CT molecular complexity index is 502. The van der Waals surface area contributed by atoms with Crippen molar-refractivity contribution >= 4 is 14.0 Å². The van der Waals surface area contributed by atoms with Crippen LogP contribution in [0.25, 0.3) is 0 Å². The minimum Gasteiger partial charge on any atom is -0.466 e. The first-order chi connectivity index (χ1) is 12.1. The van der Waals surface area contributed by atoms with Crippen molar-refractivity contribution in [3.8, 4) is 0 Å². The van der Waals surface area contributed by atoms with Crippen molar-refractivity contribution in [2.75, 3.05) is 6.61 Å². The van der Waals surface area contributed by atoms with E-state index in [-0.39, 0.29) is 18.5 Å². The molecule has 2 rings (SSSR count). The highest BCUT2D eigenvalue weighted by Gasteiger charge is 2.49. The summed E-state index contributed by atoms with van der Waals surface area (Å²) in [6, 6.07) is 0. The second-order valence-electron chi connectivity index (χ2n) is 8.15. The molecular weight excluding hydrogens is 356 g/mol. The van der Waals surface area contributed by atoms with Gasteiger partial charge in [-0.3, -0.25) is 4.79 Å². The fraction of sp³-hybridized carbons (Fsp3) is 0.833. The third-order valence-corrected chi connectivity index (χ3v) is 5.87. The molecule has 7 atom stereocenters. The molecule has 26 heavy (non-hydrogen) atoms. The number of carbonyl (C=O) groups is 1. The predicted octanol–water partition coefficient (Wildman–Crippen LogP) is 0.771. The van der Waals surface area contributed by atoms with E-state index >= 15 is 0 Å². The van der Waals surface area contributed by atoms with Crippen molar-refractivity contribution in [2.24, 2.45) is 0 Å². The van der Waals surface area contributed by atoms with Crippen LogP contribution in [-0.4, -0.2) is 78.7 Å². The summed E-state index contributed by atoms with van der Waals surface area (Å²) in [6.45, 7) is 8.47. The van der Waals surface area contributed by atoms with Crippen LogP contribution in [0.2, 0.25) is 19.6 Å². The molecule has 3 N–H and O–H groups in total. The van der Waals surface area contributed by atoms with Gasteiger partial charge in [0, 0.05) is 0 Å². The van der Waals surface area contributed by atoms with E-state index in [9.17, 15) is 20.1 Å². The Morgan fingerprint density at radius 2 is 1.92 bits per heavy atom. The lowest BCUT2D eigenvalue weighted by Gasteiger charge is -2.47. The Morgan fingerprint density at radius 1 is 1.23 bits per heavy atom. The summed E-state index contributed by atoms with van der Waals surface area (Å²) in [7, 11) is -1.50. The summed E-state index contributed by atoms with van der Waals surface area (Å²) in [5, 5.41) is 31.3. The van der Waals surface area contributed by atoms with Crippen LogP contribution >= 0.6 is 0 Å². The monoisotopic (exact) mass is 388 g/mol. The van der Waals surface area contributed by atoms with E-state index in [0.29, 0.717) is 19.4 Å². The molecule has 0 aliphatic carbocycles. The topological polar surface area (TPSA) is 105 Å². The SMILES string of the molecule is CCOC(=O)C[C@H]1CC[C@@H]2O[C@@H]([C@@H](O)/C=C/[Si](C)(C)C)[C@@H](O)[C@@H](O)[C@H]2O1. The van der Waals surface area contributed by atoms with E-state index in [1.165, 1.54) is 0 Å². The number of fused-ring (bicyclic) bond motifs is 1. The van der Waals surface area contributed by atoms with Gasteiger partial charge in [0.25, 0.3) is 0 Å². The van der Waals surface area contributed by atoms with Gasteiger partial charge in [-0.15, -0.1) is 0 Å². The average molecular weight is 389 g/mol. The number of aliphatic hydroxyl groups excluding tert-OH is 3. The zero-order valence-corrected chi connectivity index (χ0v) is 17.0. The van der Waals surface area contributed by atoms with E-state index in [1.807, 2.05) is 5.70 Å². The maximum Gasteiger partial charge on any atom is 0.308 e. The first-order valence-corrected chi connectivity index (χ1v) is 12.9. The second-order valence-corrected chi connectivity index (χ2v) is 13.2. The summed E-state index contributed by atoms with van der Waals surface area (Å²) >= 11 is 0. The smallest absolute Gasteiger partial charge is 0.308 e. The zero-order chi connectivity index (χ0) is 19.5. The van der Waals surface area contributed by atoms with Gasteiger partial charge < -0.3 is 29.5 Å². The van der Waals surface area contributed by atoms with Gasteiger partial charge in [-0.05, 0) is 19.8 Å². The van der Waals surface area contributed by atoms with Crippen molar-refractivity contribution in [1.29, 1.82) is 0 Å². The summed E-state index contributed by atoms with van der Waals surface area (Å²) in [5.41, 5.74) is 1.99. The molecule has 2 aliphatic rings. The highest BCUT2D eigenvalue weighted by atomic mass is 28.3. The van der Waals surface area contributed by atoms with Crippen molar-refractivity contribution in [3.05, 3.63) is 11.8 Å². The third-order valence-electron chi connectivity index (χ3n) is 4.67. The van der Waals surface area contributed by atoms with Crippen LogP contribution in [-0.2, 0) is 19.0 Å². The Kier molecular flexibility index (Phi) is 7.41. The van der Waals surface area contributed by atoms with Crippen molar-refractivity contribution < 1.29 is 34.3 Å². The van der Waals surface area contributed by atoms with E-state index < -0.39 is 44.7 Å². The number of esters is 1. The molecular formula is C18H32O7Si. The normalized spacial score (nSPS) is 36.6. The van der Waals surface area contributed by atoms with Gasteiger partial charge in [-0.1, -0.05) is 31.4 Å². The Morgan fingerprint density at radius 3 is 2.54 bits per heavy atom. The molecule has 0 aromatic rings. The minimum absolute atomic E-state index is 0.116. The molecule has 2 aliphatic heterocycles. The highest BCUT2D eigenvalue weighted by Crippen LogP contribution is 2.34. The van der Waals surface area contributed by atoms with Crippen LogP contribution in [0.15, 0.2) is 11.8 Å². The number of carbonyl (C=O) groups excluding carboxylic acids is 1. The number of hydrogen-bond acceptors (Lipinski definition) is 7. The first-order valence-electron chi connectivity index (χ1n) is 9.32. The van der Waals surface area contributed by atoms with Gasteiger partial charge in [0.15, 0.2) is 0 Å². The van der Waals surface area contributed by atoms with Gasteiger partial charge in [-0.25, -0.2) is 0 Å². The Balaban J connectivity index is 1.99. The third kappa shape index (κ3) is 5.61. The van der Waals surface area contributed by atoms with Crippen LogP contribution in [0, 0.1) is 0 Å². The van der Waals surface area contributed by atoms with Crippen molar-refractivity contribution in [1.82, 2.24) is 0 Å². The number of hydrogen-bond donors (Lipinski definition) is 3. The van der Waals surface area contributed by atoms with Gasteiger partial charge in [0.2, 0.25) is 0 Å². The standard InChI is InChI=1S/C18H32O7Si/c1-5-23-14(20)10-11-6-7-13-18(24-11)16(22)15(21)17(25-13)12(19)8-9-26(2,3)4/h8-9,11-13,15-19,21-22H,5-7,10H2,1-4H3/b9-8+/t11-,12+,13+,15+,16-,17+,18+/m1/s1. The molecule has 8 heteroatoms. The van der Waals surface area contributed by atoms with E-state index in [0.717, 1.165) is 0 Å². The van der Waals surface area contributed by atoms with Crippen LogP contribution < -0.4 is 0 Å². The minimum atomic E-state index is -1.50. The van der Waals surface area contributed by atoms with Crippen molar-refractivity contribution in [3.63, 3.8) is 0 Å². The van der Waals surface area contributed by atoms with Crippen LogP contribution in [0.1, 0.15) is 26.2 Å². The predicted molar refractivity (Wildman–Crippen MR) is 98.3 cm³/mol. The molecule has 0 unspecified atom stereocenters. The lowest BCUT2D eigenvalue weighted by molar-refractivity contribution is -0.274. The molecule has 0 saturated carbocycles. The average Bonchev–Trinajstić information content (AvgIpc) is 2.56. The largest absolute Gasteiger partial charge is 0.466 e. The molecule has 0 radical (unpaired) electrons. The molecule has 2 saturated heterocycles. The van der Waals surface area contributed by atoms with Gasteiger partial charge in [0.05, 0.1) is 33.3 Å².